The Bertz CT molecular complexity index is 459. The van der Waals surface area contributed by atoms with E-state index in [4.69, 9.17) is 4.74 Å². The summed E-state index contributed by atoms with van der Waals surface area (Å²) in [7, 11) is -1.26. The van der Waals surface area contributed by atoms with Crippen molar-refractivity contribution in [3.8, 4) is 11.5 Å². The predicted molar refractivity (Wildman–Crippen MR) is 75.3 cm³/mol. The van der Waals surface area contributed by atoms with Crippen molar-refractivity contribution in [1.82, 2.24) is 0 Å². The summed E-state index contributed by atoms with van der Waals surface area (Å²) < 4.78 is 5.50. The molecule has 2 rings (SSSR count). The zero-order chi connectivity index (χ0) is 12.3. The molecule has 1 nitrogen and oxygen atoms in total. The maximum Gasteiger partial charge on any atom is 0.148 e. The molecule has 17 heavy (non-hydrogen) atoms. The van der Waals surface area contributed by atoms with Crippen molar-refractivity contribution < 1.29 is 4.74 Å². The second kappa shape index (κ2) is 4.91. The summed E-state index contributed by atoms with van der Waals surface area (Å²) in [5, 5.41) is 0. The summed E-state index contributed by atoms with van der Waals surface area (Å²) in [5.74, 6) is 3.22. The lowest BCUT2D eigenvalue weighted by Crippen LogP contribution is -2.16. The standard InChI is InChI=1S/C15H18OSi/c1-17(2,3)12-11-15-14(16-15)10-9-13-7-5-4-6-8-13/h4-10,14-15H,1-3H3/b10-9+/t14-,15-/m1/s1. The van der Waals surface area contributed by atoms with Gasteiger partial charge in [-0.3, -0.25) is 0 Å². The topological polar surface area (TPSA) is 12.5 Å². The Hall–Kier alpha value is -1.30. The minimum atomic E-state index is -1.26. The summed E-state index contributed by atoms with van der Waals surface area (Å²) >= 11 is 0. The Kier molecular flexibility index (Phi) is 3.51. The van der Waals surface area contributed by atoms with Crippen LogP contribution in [0.1, 0.15) is 5.56 Å². The average Bonchev–Trinajstić information content (AvgIpc) is 3.03. The van der Waals surface area contributed by atoms with Gasteiger partial charge in [0.25, 0.3) is 0 Å². The molecule has 0 amide bonds. The number of hydrogen-bond acceptors (Lipinski definition) is 1. The quantitative estimate of drug-likeness (QED) is 0.440. The maximum absolute atomic E-state index is 5.50. The molecule has 0 bridgehead atoms. The van der Waals surface area contributed by atoms with E-state index in [9.17, 15) is 0 Å². The minimum absolute atomic E-state index is 0.127. The van der Waals surface area contributed by atoms with Crippen LogP contribution >= 0.6 is 0 Å². The molecule has 2 atom stereocenters. The van der Waals surface area contributed by atoms with Gasteiger partial charge in [0, 0.05) is 0 Å². The average molecular weight is 242 g/mol. The van der Waals surface area contributed by atoms with Crippen LogP contribution in [0, 0.1) is 11.5 Å². The van der Waals surface area contributed by atoms with Crippen molar-refractivity contribution >= 4 is 14.1 Å². The maximum atomic E-state index is 5.50. The third kappa shape index (κ3) is 4.22. The van der Waals surface area contributed by atoms with E-state index >= 15 is 0 Å². The molecule has 0 saturated carbocycles. The van der Waals surface area contributed by atoms with E-state index < -0.39 is 8.07 Å². The Morgan fingerprint density at radius 1 is 1.18 bits per heavy atom. The number of rotatable bonds is 2. The highest BCUT2D eigenvalue weighted by molar-refractivity contribution is 6.83. The van der Waals surface area contributed by atoms with Gasteiger partial charge in [0.05, 0.1) is 0 Å². The van der Waals surface area contributed by atoms with Crippen LogP contribution in [0.15, 0.2) is 36.4 Å². The van der Waals surface area contributed by atoms with Gasteiger partial charge in [0.2, 0.25) is 0 Å². The Labute approximate surface area is 105 Å². The van der Waals surface area contributed by atoms with E-state index in [1.807, 2.05) is 18.2 Å². The fourth-order valence-electron chi connectivity index (χ4n) is 1.44. The Morgan fingerprint density at radius 3 is 2.53 bits per heavy atom. The SMILES string of the molecule is C[Si](C)(C)C#C[C@H]1O[C@@H]1/C=C/c1ccccc1. The molecule has 0 aliphatic carbocycles. The number of ether oxygens (including phenoxy) is 1. The van der Waals surface area contributed by atoms with Gasteiger partial charge < -0.3 is 4.74 Å². The minimum Gasteiger partial charge on any atom is -0.351 e. The smallest absolute Gasteiger partial charge is 0.148 e. The fourth-order valence-corrected chi connectivity index (χ4v) is 2.02. The van der Waals surface area contributed by atoms with E-state index in [1.54, 1.807) is 0 Å². The highest BCUT2D eigenvalue weighted by Gasteiger charge is 2.34. The van der Waals surface area contributed by atoms with Gasteiger partial charge in [-0.2, -0.15) is 0 Å². The first kappa shape index (κ1) is 12.2. The first-order chi connectivity index (χ1) is 8.04. The lowest BCUT2D eigenvalue weighted by molar-refractivity contribution is 0.418. The molecule has 1 heterocycles. The third-order valence-electron chi connectivity index (χ3n) is 2.39. The zero-order valence-electron chi connectivity index (χ0n) is 10.6. The lowest BCUT2D eigenvalue weighted by Gasteiger charge is -2.02. The van der Waals surface area contributed by atoms with Crippen molar-refractivity contribution in [3.63, 3.8) is 0 Å². The van der Waals surface area contributed by atoms with E-state index in [-0.39, 0.29) is 12.2 Å². The van der Waals surface area contributed by atoms with Gasteiger partial charge in [0.1, 0.15) is 20.3 Å². The van der Waals surface area contributed by atoms with Crippen LogP contribution in [0.3, 0.4) is 0 Å². The highest BCUT2D eigenvalue weighted by Crippen LogP contribution is 2.23. The summed E-state index contributed by atoms with van der Waals surface area (Å²) in [6, 6.07) is 10.3. The second-order valence-corrected chi connectivity index (χ2v) is 10.1. The van der Waals surface area contributed by atoms with Crippen molar-refractivity contribution in [2.75, 3.05) is 0 Å². The Balaban J connectivity index is 1.88. The molecule has 1 fully saturated rings. The van der Waals surface area contributed by atoms with Gasteiger partial charge in [-0.15, -0.1) is 5.54 Å². The summed E-state index contributed by atoms with van der Waals surface area (Å²) in [6.45, 7) is 6.74. The van der Waals surface area contributed by atoms with Crippen LogP contribution in [0.4, 0.5) is 0 Å². The molecule has 1 aliphatic heterocycles. The van der Waals surface area contributed by atoms with Crippen LogP contribution < -0.4 is 0 Å². The molecule has 0 radical (unpaired) electrons. The first-order valence-electron chi connectivity index (χ1n) is 5.96. The Morgan fingerprint density at radius 2 is 1.88 bits per heavy atom. The molecule has 1 aromatic carbocycles. The van der Waals surface area contributed by atoms with Crippen molar-refractivity contribution in [3.05, 3.63) is 42.0 Å². The van der Waals surface area contributed by atoms with Gasteiger partial charge in [-0.1, -0.05) is 68.0 Å². The van der Waals surface area contributed by atoms with Crippen LogP contribution in [-0.2, 0) is 4.74 Å². The molecule has 0 N–H and O–H groups in total. The molecule has 1 saturated heterocycles. The lowest BCUT2D eigenvalue weighted by atomic mass is 10.2. The number of benzene rings is 1. The van der Waals surface area contributed by atoms with Crippen molar-refractivity contribution in [2.24, 2.45) is 0 Å². The molecule has 0 unspecified atom stereocenters. The molecule has 2 heteroatoms. The van der Waals surface area contributed by atoms with E-state index in [0.29, 0.717) is 0 Å². The number of epoxide rings is 1. The molecular formula is C15H18OSi. The largest absolute Gasteiger partial charge is 0.351 e. The highest BCUT2D eigenvalue weighted by atomic mass is 28.3. The van der Waals surface area contributed by atoms with Crippen LogP contribution in [0.5, 0.6) is 0 Å². The molecular weight excluding hydrogens is 224 g/mol. The van der Waals surface area contributed by atoms with Gasteiger partial charge in [-0.05, 0) is 5.56 Å². The van der Waals surface area contributed by atoms with Crippen LogP contribution in [-0.4, -0.2) is 20.3 Å². The first-order valence-corrected chi connectivity index (χ1v) is 9.46. The van der Waals surface area contributed by atoms with Crippen molar-refractivity contribution in [1.29, 1.82) is 0 Å². The van der Waals surface area contributed by atoms with Gasteiger partial charge in [-0.25, -0.2) is 0 Å². The van der Waals surface area contributed by atoms with Gasteiger partial charge in [0.15, 0.2) is 0 Å². The van der Waals surface area contributed by atoms with Crippen molar-refractivity contribution in [2.45, 2.75) is 31.8 Å². The summed E-state index contributed by atoms with van der Waals surface area (Å²) in [4.78, 5) is 0. The summed E-state index contributed by atoms with van der Waals surface area (Å²) in [5.41, 5.74) is 4.55. The third-order valence-corrected chi connectivity index (χ3v) is 3.29. The fraction of sp³-hybridized carbons (Fsp3) is 0.333. The molecule has 88 valence electrons. The van der Waals surface area contributed by atoms with Gasteiger partial charge >= 0.3 is 0 Å². The van der Waals surface area contributed by atoms with E-state index in [1.165, 1.54) is 5.56 Å². The van der Waals surface area contributed by atoms with E-state index in [2.05, 4.69) is 55.4 Å². The normalized spacial score (nSPS) is 23.2. The molecule has 0 spiro atoms. The molecule has 0 aromatic heterocycles. The molecule has 1 aromatic rings. The van der Waals surface area contributed by atoms with Crippen LogP contribution in [0.2, 0.25) is 19.6 Å². The predicted octanol–water partition coefficient (Wildman–Crippen LogP) is 3.35. The monoisotopic (exact) mass is 242 g/mol. The van der Waals surface area contributed by atoms with E-state index in [0.717, 1.165) is 0 Å². The summed E-state index contributed by atoms with van der Waals surface area (Å²) in [6.07, 6.45) is 4.51. The molecule has 1 aliphatic rings. The van der Waals surface area contributed by atoms with Crippen LogP contribution in [0.25, 0.3) is 6.08 Å². The number of hydrogen-bond donors (Lipinski definition) is 0. The second-order valence-electron chi connectivity index (χ2n) is 5.31. The zero-order valence-corrected chi connectivity index (χ0v) is 11.6.